The number of nitrogens with one attached hydrogen (secondary N) is 2. The quantitative estimate of drug-likeness (QED) is 0.802. The van der Waals surface area contributed by atoms with Gasteiger partial charge in [0.05, 0.1) is 11.9 Å². The van der Waals surface area contributed by atoms with Crippen molar-refractivity contribution in [1.82, 2.24) is 15.3 Å². The van der Waals surface area contributed by atoms with E-state index < -0.39 is 0 Å². The van der Waals surface area contributed by atoms with Crippen molar-refractivity contribution in [3.05, 3.63) is 18.1 Å². The first-order valence-corrected chi connectivity index (χ1v) is 5.81. The molecule has 0 saturated carbocycles. The second-order valence-corrected chi connectivity index (χ2v) is 4.93. The summed E-state index contributed by atoms with van der Waals surface area (Å²) in [7, 11) is 0. The van der Waals surface area contributed by atoms with Crippen molar-refractivity contribution >= 4 is 5.82 Å². The Bertz CT molecular complexity index is 317. The van der Waals surface area contributed by atoms with Crippen LogP contribution in [0.3, 0.4) is 0 Å². The Balaban J connectivity index is 2.53. The zero-order valence-electron chi connectivity index (χ0n) is 10.7. The van der Waals surface area contributed by atoms with Gasteiger partial charge >= 0.3 is 0 Å². The number of hydrogen-bond acceptors (Lipinski definition) is 4. The molecule has 0 spiro atoms. The molecule has 1 heterocycles. The van der Waals surface area contributed by atoms with Crippen molar-refractivity contribution in [2.75, 3.05) is 11.9 Å². The fraction of sp³-hybridized carbons (Fsp3) is 0.667. The van der Waals surface area contributed by atoms with Gasteiger partial charge in [0.15, 0.2) is 0 Å². The van der Waals surface area contributed by atoms with Gasteiger partial charge in [-0.15, -0.1) is 0 Å². The molecule has 1 aromatic heterocycles. The minimum Gasteiger partial charge on any atom is -0.369 e. The summed E-state index contributed by atoms with van der Waals surface area (Å²) in [6, 6.07) is 0. The summed E-state index contributed by atoms with van der Waals surface area (Å²) in [5, 5.41) is 6.62. The summed E-state index contributed by atoms with van der Waals surface area (Å²) >= 11 is 0. The molecule has 1 aromatic rings. The highest BCUT2D eigenvalue weighted by atomic mass is 15.0. The van der Waals surface area contributed by atoms with E-state index in [4.69, 9.17) is 0 Å². The summed E-state index contributed by atoms with van der Waals surface area (Å²) in [5.74, 6) is 0.857. The monoisotopic (exact) mass is 222 g/mol. The van der Waals surface area contributed by atoms with Crippen LogP contribution in [0.4, 0.5) is 5.82 Å². The number of rotatable bonds is 5. The van der Waals surface area contributed by atoms with Crippen molar-refractivity contribution in [2.24, 2.45) is 0 Å². The summed E-state index contributed by atoms with van der Waals surface area (Å²) in [5.41, 5.74) is 1.07. The lowest BCUT2D eigenvalue weighted by Crippen LogP contribution is -2.35. The number of aromatic nitrogens is 2. The molecule has 0 bridgehead atoms. The summed E-state index contributed by atoms with van der Waals surface area (Å²) < 4.78 is 0. The Labute approximate surface area is 97.9 Å². The molecular formula is C12H22N4. The zero-order chi connectivity index (χ0) is 12.0. The van der Waals surface area contributed by atoms with Crippen molar-refractivity contribution < 1.29 is 0 Å². The maximum absolute atomic E-state index is 4.48. The fourth-order valence-corrected chi connectivity index (χ4v) is 1.19. The topological polar surface area (TPSA) is 49.8 Å². The SMILES string of the molecule is CCCNc1cncc(CNC(C)(C)C)n1. The minimum absolute atomic E-state index is 0.106. The summed E-state index contributed by atoms with van der Waals surface area (Å²) in [6.45, 7) is 10.2. The molecule has 0 atom stereocenters. The lowest BCUT2D eigenvalue weighted by atomic mass is 10.1. The van der Waals surface area contributed by atoms with Crippen LogP contribution in [0.1, 0.15) is 39.8 Å². The molecule has 0 fully saturated rings. The Morgan fingerprint density at radius 1 is 1.25 bits per heavy atom. The first-order chi connectivity index (χ1) is 7.51. The van der Waals surface area contributed by atoms with Gasteiger partial charge in [-0.2, -0.15) is 0 Å². The van der Waals surface area contributed by atoms with E-state index in [1.807, 2.05) is 0 Å². The van der Waals surface area contributed by atoms with E-state index in [9.17, 15) is 0 Å². The molecule has 0 unspecified atom stereocenters. The van der Waals surface area contributed by atoms with Gasteiger partial charge in [-0.25, -0.2) is 4.98 Å². The molecule has 16 heavy (non-hydrogen) atoms. The van der Waals surface area contributed by atoms with Gasteiger partial charge in [0.1, 0.15) is 5.82 Å². The highest BCUT2D eigenvalue weighted by Gasteiger charge is 2.09. The smallest absolute Gasteiger partial charge is 0.144 e. The molecule has 0 aliphatic heterocycles. The van der Waals surface area contributed by atoms with E-state index in [1.54, 1.807) is 12.4 Å². The fourth-order valence-electron chi connectivity index (χ4n) is 1.19. The molecule has 0 amide bonds. The Morgan fingerprint density at radius 2 is 2.00 bits per heavy atom. The lowest BCUT2D eigenvalue weighted by Gasteiger charge is -2.20. The van der Waals surface area contributed by atoms with E-state index >= 15 is 0 Å². The standard InChI is InChI=1S/C12H22N4/c1-5-6-14-11-9-13-7-10(16-11)8-15-12(2,3)4/h7,9,15H,5-6,8H2,1-4H3,(H,14,16). The zero-order valence-corrected chi connectivity index (χ0v) is 10.7. The van der Waals surface area contributed by atoms with E-state index in [1.165, 1.54) is 0 Å². The normalized spacial score (nSPS) is 11.5. The third-order valence-corrected chi connectivity index (χ3v) is 2.04. The van der Waals surface area contributed by atoms with Crippen LogP contribution in [0.25, 0.3) is 0 Å². The van der Waals surface area contributed by atoms with E-state index in [0.717, 1.165) is 31.0 Å². The first kappa shape index (κ1) is 12.9. The number of anilines is 1. The minimum atomic E-state index is 0.106. The molecule has 1 rings (SSSR count). The van der Waals surface area contributed by atoms with Gasteiger partial charge in [0.2, 0.25) is 0 Å². The van der Waals surface area contributed by atoms with Crippen molar-refractivity contribution in [3.63, 3.8) is 0 Å². The maximum Gasteiger partial charge on any atom is 0.144 e. The van der Waals surface area contributed by atoms with Crippen LogP contribution in [-0.2, 0) is 6.54 Å². The predicted molar refractivity (Wildman–Crippen MR) is 67.4 cm³/mol. The van der Waals surface area contributed by atoms with Crippen LogP contribution in [0, 0.1) is 0 Å². The molecule has 4 nitrogen and oxygen atoms in total. The largest absolute Gasteiger partial charge is 0.369 e. The third kappa shape index (κ3) is 5.07. The van der Waals surface area contributed by atoms with E-state index in [0.29, 0.717) is 0 Å². The van der Waals surface area contributed by atoms with Crippen molar-refractivity contribution in [2.45, 2.75) is 46.2 Å². The van der Waals surface area contributed by atoms with Gasteiger partial charge in [-0.3, -0.25) is 4.98 Å². The molecule has 0 aromatic carbocycles. The maximum atomic E-state index is 4.48. The molecular weight excluding hydrogens is 200 g/mol. The Kier molecular flexibility index (Phi) is 4.68. The average Bonchev–Trinajstić information content (AvgIpc) is 2.23. The highest BCUT2D eigenvalue weighted by molar-refractivity contribution is 5.31. The molecule has 90 valence electrons. The molecule has 2 N–H and O–H groups in total. The summed E-state index contributed by atoms with van der Waals surface area (Å²) in [6.07, 6.45) is 4.65. The van der Waals surface area contributed by atoms with Crippen molar-refractivity contribution in [3.8, 4) is 0 Å². The molecule has 0 aliphatic rings. The summed E-state index contributed by atoms with van der Waals surface area (Å²) in [4.78, 5) is 8.65. The second kappa shape index (κ2) is 5.80. The molecule has 0 saturated heterocycles. The highest BCUT2D eigenvalue weighted by Crippen LogP contribution is 2.05. The first-order valence-electron chi connectivity index (χ1n) is 5.81. The number of nitrogens with zero attached hydrogens (tertiary/aromatic N) is 2. The molecule has 4 heteroatoms. The van der Waals surface area contributed by atoms with Crippen LogP contribution >= 0.6 is 0 Å². The van der Waals surface area contributed by atoms with Crippen LogP contribution in [0.15, 0.2) is 12.4 Å². The van der Waals surface area contributed by atoms with Gasteiger partial charge in [-0.1, -0.05) is 6.92 Å². The van der Waals surface area contributed by atoms with Crippen LogP contribution in [0.2, 0.25) is 0 Å². The van der Waals surface area contributed by atoms with Gasteiger partial charge in [0, 0.05) is 24.8 Å². The average molecular weight is 222 g/mol. The second-order valence-electron chi connectivity index (χ2n) is 4.93. The Hall–Kier alpha value is -1.16. The lowest BCUT2D eigenvalue weighted by molar-refractivity contribution is 0.421. The van der Waals surface area contributed by atoms with Crippen molar-refractivity contribution in [1.29, 1.82) is 0 Å². The van der Waals surface area contributed by atoms with Crippen LogP contribution in [-0.4, -0.2) is 22.1 Å². The number of hydrogen-bond donors (Lipinski definition) is 2. The predicted octanol–water partition coefficient (Wildman–Crippen LogP) is 2.19. The van der Waals surface area contributed by atoms with Crippen LogP contribution < -0.4 is 10.6 Å². The van der Waals surface area contributed by atoms with Crippen LogP contribution in [0.5, 0.6) is 0 Å². The van der Waals surface area contributed by atoms with Gasteiger partial charge < -0.3 is 10.6 Å². The molecule has 0 aliphatic carbocycles. The third-order valence-electron chi connectivity index (χ3n) is 2.04. The van der Waals surface area contributed by atoms with Gasteiger partial charge in [-0.05, 0) is 27.2 Å². The van der Waals surface area contributed by atoms with E-state index in [-0.39, 0.29) is 5.54 Å². The van der Waals surface area contributed by atoms with E-state index in [2.05, 4.69) is 48.3 Å². The molecule has 0 radical (unpaired) electrons. The van der Waals surface area contributed by atoms with Gasteiger partial charge in [0.25, 0.3) is 0 Å². The Morgan fingerprint density at radius 3 is 2.62 bits per heavy atom.